The topological polar surface area (TPSA) is 68.9 Å². The second-order valence-corrected chi connectivity index (χ2v) is 6.40. The molecule has 128 valence electrons. The maximum absolute atomic E-state index is 5.98. The molecule has 1 aliphatic rings. The van der Waals surface area contributed by atoms with Crippen LogP contribution in [-0.2, 0) is 6.54 Å². The minimum Gasteiger partial charge on any atom is -0.493 e. The summed E-state index contributed by atoms with van der Waals surface area (Å²) in [6, 6.07) is 5.79. The normalized spacial score (nSPS) is 21.8. The number of methoxy groups -OCH3 is 2. The van der Waals surface area contributed by atoms with Gasteiger partial charge in [-0.3, -0.25) is 0 Å². The lowest BCUT2D eigenvalue weighted by atomic mass is 9.83. The van der Waals surface area contributed by atoms with E-state index < -0.39 is 0 Å². The predicted octanol–water partition coefficient (Wildman–Crippen LogP) is 2.93. The summed E-state index contributed by atoms with van der Waals surface area (Å²) in [6.07, 6.45) is 5.23. The van der Waals surface area contributed by atoms with Crippen molar-refractivity contribution < 1.29 is 9.47 Å². The van der Waals surface area contributed by atoms with E-state index >= 15 is 0 Å². The smallest absolute Gasteiger partial charge is 0.188 e. The minimum absolute atomic E-state index is 0.512. The van der Waals surface area contributed by atoms with Crippen LogP contribution in [-0.4, -0.2) is 26.7 Å². The fourth-order valence-corrected chi connectivity index (χ4v) is 2.99. The molecule has 5 nitrogen and oxygen atoms in total. The molecule has 1 aliphatic carbocycles. The van der Waals surface area contributed by atoms with Crippen molar-refractivity contribution in [3.8, 4) is 11.5 Å². The molecule has 0 saturated heterocycles. The van der Waals surface area contributed by atoms with Crippen LogP contribution in [0, 0.1) is 11.8 Å². The monoisotopic (exact) mass is 319 g/mol. The standard InChI is InChI=1S/C18H29N3O2/c1-13-4-6-14(7-5-13)11-20-18(19)21-12-15-8-9-16(22-2)17(10-15)23-3/h8-10,13-14H,4-7,11-12H2,1-3H3,(H3,19,20,21). The molecule has 0 atom stereocenters. The molecular weight excluding hydrogens is 290 g/mol. The summed E-state index contributed by atoms with van der Waals surface area (Å²) < 4.78 is 10.5. The van der Waals surface area contributed by atoms with Gasteiger partial charge in [-0.1, -0.05) is 25.8 Å². The molecule has 0 bridgehead atoms. The fourth-order valence-electron chi connectivity index (χ4n) is 2.99. The number of guanidine groups is 1. The molecule has 0 aromatic heterocycles. The van der Waals surface area contributed by atoms with Gasteiger partial charge in [0.1, 0.15) is 0 Å². The zero-order valence-corrected chi connectivity index (χ0v) is 14.5. The number of aliphatic imine (C=N–C) groups is 1. The third-order valence-electron chi connectivity index (χ3n) is 4.59. The summed E-state index contributed by atoms with van der Waals surface area (Å²) in [6.45, 7) is 3.79. The van der Waals surface area contributed by atoms with Crippen molar-refractivity contribution in [2.45, 2.75) is 39.2 Å². The molecular formula is C18H29N3O2. The quantitative estimate of drug-likeness (QED) is 0.625. The first-order valence-electron chi connectivity index (χ1n) is 8.37. The highest BCUT2D eigenvalue weighted by atomic mass is 16.5. The Morgan fingerprint density at radius 1 is 1.17 bits per heavy atom. The largest absolute Gasteiger partial charge is 0.493 e. The first kappa shape index (κ1) is 17.4. The Labute approximate surface area is 139 Å². The fraction of sp³-hybridized carbons (Fsp3) is 0.611. The van der Waals surface area contributed by atoms with Gasteiger partial charge in [0.2, 0.25) is 0 Å². The van der Waals surface area contributed by atoms with E-state index in [1.165, 1.54) is 25.7 Å². The molecule has 1 fully saturated rings. The lowest BCUT2D eigenvalue weighted by Crippen LogP contribution is -2.36. The van der Waals surface area contributed by atoms with E-state index in [2.05, 4.69) is 17.2 Å². The van der Waals surface area contributed by atoms with Gasteiger partial charge in [-0.15, -0.1) is 0 Å². The van der Waals surface area contributed by atoms with Gasteiger partial charge in [-0.25, -0.2) is 4.99 Å². The molecule has 0 radical (unpaired) electrons. The molecule has 0 unspecified atom stereocenters. The Kier molecular flexibility index (Phi) is 6.56. The zero-order chi connectivity index (χ0) is 16.7. The van der Waals surface area contributed by atoms with Gasteiger partial charge in [0.25, 0.3) is 0 Å². The Morgan fingerprint density at radius 3 is 2.52 bits per heavy atom. The number of hydrogen-bond acceptors (Lipinski definition) is 3. The van der Waals surface area contributed by atoms with Gasteiger partial charge in [0.15, 0.2) is 17.5 Å². The first-order valence-corrected chi connectivity index (χ1v) is 8.37. The van der Waals surface area contributed by atoms with Crippen LogP contribution in [0.5, 0.6) is 11.5 Å². The van der Waals surface area contributed by atoms with Crippen molar-refractivity contribution in [2.24, 2.45) is 22.6 Å². The van der Waals surface area contributed by atoms with E-state index in [-0.39, 0.29) is 0 Å². The van der Waals surface area contributed by atoms with Crippen LogP contribution in [0.3, 0.4) is 0 Å². The Hall–Kier alpha value is -1.91. The van der Waals surface area contributed by atoms with Crippen LogP contribution in [0.4, 0.5) is 0 Å². The van der Waals surface area contributed by atoms with Crippen LogP contribution >= 0.6 is 0 Å². The van der Waals surface area contributed by atoms with Gasteiger partial charge in [0, 0.05) is 6.54 Å². The van der Waals surface area contributed by atoms with Crippen molar-refractivity contribution >= 4 is 5.96 Å². The molecule has 0 heterocycles. The number of hydrogen-bond donors (Lipinski definition) is 2. The second-order valence-electron chi connectivity index (χ2n) is 6.40. The molecule has 23 heavy (non-hydrogen) atoms. The predicted molar refractivity (Wildman–Crippen MR) is 94.0 cm³/mol. The summed E-state index contributed by atoms with van der Waals surface area (Å²) in [5.41, 5.74) is 7.02. The number of benzene rings is 1. The molecule has 1 aromatic rings. The number of nitrogens with one attached hydrogen (secondary N) is 1. The van der Waals surface area contributed by atoms with E-state index in [4.69, 9.17) is 15.2 Å². The van der Waals surface area contributed by atoms with Crippen LogP contribution in [0.1, 0.15) is 38.2 Å². The van der Waals surface area contributed by atoms with Crippen molar-refractivity contribution in [2.75, 3.05) is 20.8 Å². The molecule has 5 heteroatoms. The first-order chi connectivity index (χ1) is 11.1. The molecule has 2 rings (SSSR count). The number of nitrogens with zero attached hydrogens (tertiary/aromatic N) is 1. The van der Waals surface area contributed by atoms with Crippen molar-refractivity contribution in [1.29, 1.82) is 0 Å². The highest BCUT2D eigenvalue weighted by Gasteiger charge is 2.17. The van der Waals surface area contributed by atoms with Gasteiger partial charge in [-0.05, 0) is 42.4 Å². The van der Waals surface area contributed by atoms with E-state index in [0.29, 0.717) is 18.3 Å². The highest BCUT2D eigenvalue weighted by Crippen LogP contribution is 2.28. The summed E-state index contributed by atoms with van der Waals surface area (Å²) in [7, 11) is 3.26. The van der Waals surface area contributed by atoms with E-state index in [9.17, 15) is 0 Å². The van der Waals surface area contributed by atoms with Gasteiger partial charge < -0.3 is 20.5 Å². The summed E-state index contributed by atoms with van der Waals surface area (Å²) >= 11 is 0. The van der Waals surface area contributed by atoms with Gasteiger partial charge in [0.05, 0.1) is 20.8 Å². The average Bonchev–Trinajstić information content (AvgIpc) is 2.59. The van der Waals surface area contributed by atoms with Crippen LogP contribution in [0.25, 0.3) is 0 Å². The molecule has 0 spiro atoms. The van der Waals surface area contributed by atoms with Crippen molar-refractivity contribution in [3.05, 3.63) is 23.8 Å². The van der Waals surface area contributed by atoms with Gasteiger partial charge in [-0.2, -0.15) is 0 Å². The summed E-state index contributed by atoms with van der Waals surface area (Å²) in [5.74, 6) is 3.54. The third kappa shape index (κ3) is 5.34. The number of rotatable bonds is 6. The number of nitrogens with two attached hydrogens (primary N) is 1. The van der Waals surface area contributed by atoms with Crippen molar-refractivity contribution in [1.82, 2.24) is 5.32 Å². The van der Waals surface area contributed by atoms with E-state index in [1.54, 1.807) is 14.2 Å². The van der Waals surface area contributed by atoms with E-state index in [0.717, 1.165) is 29.7 Å². The number of ether oxygens (including phenoxy) is 2. The molecule has 1 aromatic carbocycles. The minimum atomic E-state index is 0.512. The second kappa shape index (κ2) is 8.65. The van der Waals surface area contributed by atoms with Crippen LogP contribution in [0.2, 0.25) is 0 Å². The Balaban J connectivity index is 1.82. The Morgan fingerprint density at radius 2 is 1.87 bits per heavy atom. The SMILES string of the molecule is COc1ccc(CN=C(N)NCC2CCC(C)CC2)cc1OC. The highest BCUT2D eigenvalue weighted by molar-refractivity contribution is 5.77. The molecule has 1 saturated carbocycles. The maximum atomic E-state index is 5.98. The summed E-state index contributed by atoms with van der Waals surface area (Å²) in [5, 5.41) is 3.26. The van der Waals surface area contributed by atoms with Gasteiger partial charge >= 0.3 is 0 Å². The average molecular weight is 319 g/mol. The van der Waals surface area contributed by atoms with Crippen LogP contribution in [0.15, 0.2) is 23.2 Å². The maximum Gasteiger partial charge on any atom is 0.188 e. The van der Waals surface area contributed by atoms with E-state index in [1.807, 2.05) is 18.2 Å². The molecule has 0 aliphatic heterocycles. The molecule has 3 N–H and O–H groups in total. The lowest BCUT2D eigenvalue weighted by molar-refractivity contribution is 0.290. The summed E-state index contributed by atoms with van der Waals surface area (Å²) in [4.78, 5) is 4.41. The third-order valence-corrected chi connectivity index (χ3v) is 4.59. The lowest BCUT2D eigenvalue weighted by Gasteiger charge is -2.26. The van der Waals surface area contributed by atoms with Crippen LogP contribution < -0.4 is 20.5 Å². The van der Waals surface area contributed by atoms with Crippen molar-refractivity contribution in [3.63, 3.8) is 0 Å². The zero-order valence-electron chi connectivity index (χ0n) is 14.5. The Bertz CT molecular complexity index is 523. The molecule has 0 amide bonds.